The number of hydrogen-bond donors (Lipinski definition) is 0. The second-order valence-electron chi connectivity index (χ2n) is 5.67. The lowest BCUT2D eigenvalue weighted by molar-refractivity contribution is 0.857. The predicted molar refractivity (Wildman–Crippen MR) is 114 cm³/mol. The molecule has 136 valence electrons. The minimum absolute atomic E-state index is 0.564. The van der Waals surface area contributed by atoms with Crippen LogP contribution in [0.25, 0.3) is 0 Å². The number of benzene rings is 2. The van der Waals surface area contributed by atoms with Crippen molar-refractivity contribution in [3.8, 4) is 0 Å². The van der Waals surface area contributed by atoms with Crippen LogP contribution in [0.4, 0.5) is 0 Å². The van der Waals surface area contributed by atoms with E-state index in [1.807, 2.05) is 39.8 Å². The molecule has 0 aliphatic rings. The Morgan fingerprint density at radius 2 is 1.17 bits per heavy atom. The monoisotopic (exact) mass is 348 g/mol. The Labute approximate surface area is 156 Å². The molecule has 0 aromatic heterocycles. The number of rotatable bonds is 1. The first kappa shape index (κ1) is 25.0. The molecular formula is C23H37Cl. The van der Waals surface area contributed by atoms with Crippen molar-refractivity contribution in [1.82, 2.24) is 0 Å². The van der Waals surface area contributed by atoms with Crippen LogP contribution in [-0.4, -0.2) is 0 Å². The second-order valence-corrected chi connectivity index (χ2v) is 6.11. The summed E-state index contributed by atoms with van der Waals surface area (Å²) in [5, 5.41) is 0.833. The molecular weight excluding hydrogens is 312 g/mol. The van der Waals surface area contributed by atoms with Crippen molar-refractivity contribution < 1.29 is 0 Å². The number of halogens is 1. The van der Waals surface area contributed by atoms with Crippen LogP contribution < -0.4 is 0 Å². The third-order valence-corrected chi connectivity index (χ3v) is 3.97. The van der Waals surface area contributed by atoms with Crippen LogP contribution in [0.3, 0.4) is 0 Å². The van der Waals surface area contributed by atoms with Crippen molar-refractivity contribution in [1.29, 1.82) is 0 Å². The van der Waals surface area contributed by atoms with Gasteiger partial charge < -0.3 is 0 Å². The van der Waals surface area contributed by atoms with Crippen molar-refractivity contribution in [3.05, 3.63) is 69.2 Å². The number of aryl methyl sites for hydroxylation is 3. The minimum atomic E-state index is 0.564. The Bertz CT molecular complexity index is 548. The van der Waals surface area contributed by atoms with E-state index in [0.29, 0.717) is 5.92 Å². The van der Waals surface area contributed by atoms with Crippen LogP contribution in [-0.2, 0) is 0 Å². The largest absolute Gasteiger partial charge is 0.0843 e. The van der Waals surface area contributed by atoms with Crippen molar-refractivity contribution >= 4 is 11.6 Å². The Hall–Kier alpha value is -1.27. The molecule has 0 aliphatic carbocycles. The summed E-state index contributed by atoms with van der Waals surface area (Å²) in [7, 11) is 0. The molecule has 0 unspecified atom stereocenters. The summed E-state index contributed by atoms with van der Waals surface area (Å²) in [5.41, 5.74) is 6.85. The van der Waals surface area contributed by atoms with Crippen LogP contribution in [0, 0.1) is 27.7 Å². The molecule has 0 fully saturated rings. The molecule has 0 spiro atoms. The summed E-state index contributed by atoms with van der Waals surface area (Å²) in [6.07, 6.45) is 0. The zero-order chi connectivity index (χ0) is 19.3. The Kier molecular flexibility index (Phi) is 14.7. The van der Waals surface area contributed by atoms with Crippen LogP contribution in [0.15, 0.2) is 36.4 Å². The van der Waals surface area contributed by atoms with Crippen LogP contribution in [0.2, 0.25) is 5.02 Å². The second kappa shape index (κ2) is 14.1. The average molecular weight is 349 g/mol. The zero-order valence-corrected chi connectivity index (χ0v) is 18.2. The lowest BCUT2D eigenvalue weighted by Crippen LogP contribution is -1.90. The molecule has 0 saturated carbocycles. The van der Waals surface area contributed by atoms with E-state index in [2.05, 4.69) is 65.8 Å². The van der Waals surface area contributed by atoms with E-state index in [9.17, 15) is 0 Å². The first-order chi connectivity index (χ1) is 11.3. The van der Waals surface area contributed by atoms with Gasteiger partial charge in [0.25, 0.3) is 0 Å². The lowest BCUT2D eigenvalue weighted by Gasteiger charge is -2.08. The predicted octanol–water partition coefficient (Wildman–Crippen LogP) is 8.44. The fourth-order valence-corrected chi connectivity index (χ4v) is 2.31. The molecule has 24 heavy (non-hydrogen) atoms. The van der Waals surface area contributed by atoms with Crippen molar-refractivity contribution in [3.63, 3.8) is 0 Å². The summed E-state index contributed by atoms with van der Waals surface area (Å²) < 4.78 is 0. The molecule has 2 aromatic carbocycles. The van der Waals surface area contributed by atoms with Crippen LogP contribution in [0.5, 0.6) is 0 Å². The molecule has 1 heteroatoms. The van der Waals surface area contributed by atoms with E-state index in [1.54, 1.807) is 0 Å². The van der Waals surface area contributed by atoms with E-state index >= 15 is 0 Å². The van der Waals surface area contributed by atoms with Gasteiger partial charge in [0, 0.05) is 5.02 Å². The van der Waals surface area contributed by atoms with Gasteiger partial charge in [-0.05, 0) is 73.6 Å². The highest BCUT2D eigenvalue weighted by Gasteiger charge is 2.02. The molecule has 0 nitrogen and oxygen atoms in total. The van der Waals surface area contributed by atoms with Gasteiger partial charge in [0.2, 0.25) is 0 Å². The first-order valence-corrected chi connectivity index (χ1v) is 9.49. The molecule has 0 heterocycles. The summed E-state index contributed by atoms with van der Waals surface area (Å²) in [6.45, 7) is 20.9. The molecule has 0 bridgehead atoms. The van der Waals surface area contributed by atoms with Gasteiger partial charge in [-0.15, -0.1) is 0 Å². The van der Waals surface area contributed by atoms with Gasteiger partial charge in [0.15, 0.2) is 0 Å². The maximum absolute atomic E-state index is 5.86. The van der Waals surface area contributed by atoms with Crippen molar-refractivity contribution in [2.24, 2.45) is 0 Å². The molecule has 0 atom stereocenters. The molecule has 0 saturated heterocycles. The highest BCUT2D eigenvalue weighted by molar-refractivity contribution is 6.30. The minimum Gasteiger partial charge on any atom is -0.0843 e. The summed E-state index contributed by atoms with van der Waals surface area (Å²) >= 11 is 5.86. The van der Waals surface area contributed by atoms with Gasteiger partial charge in [-0.25, -0.2) is 0 Å². The third-order valence-electron chi connectivity index (χ3n) is 3.74. The van der Waals surface area contributed by atoms with Gasteiger partial charge in [-0.2, -0.15) is 0 Å². The van der Waals surface area contributed by atoms with Gasteiger partial charge >= 0.3 is 0 Å². The standard InChI is InChI=1S/C10H13Cl.C9H12.2C2H6/c1-7(2)10-6-9(11)5-4-8(10)3;1-7-5-4-6-8(2)9(7)3;2*1-2/h4-7H,1-3H3;4-6H,1-3H3;2*1-2H3. The molecule has 2 rings (SSSR count). The Balaban J connectivity index is 0. The third kappa shape index (κ3) is 9.13. The lowest BCUT2D eigenvalue weighted by atomic mass is 9.98. The van der Waals surface area contributed by atoms with E-state index in [-0.39, 0.29) is 0 Å². The SMILES string of the molecule is CC.CC.Cc1ccc(Cl)cc1C(C)C.Cc1cccc(C)c1C. The van der Waals surface area contributed by atoms with E-state index in [1.165, 1.54) is 27.8 Å². The maximum Gasteiger partial charge on any atom is 0.0409 e. The normalized spacial score (nSPS) is 9.00. The van der Waals surface area contributed by atoms with Crippen LogP contribution in [0.1, 0.15) is 75.3 Å². The maximum atomic E-state index is 5.86. The molecule has 0 radical (unpaired) electrons. The average Bonchev–Trinajstić information content (AvgIpc) is 2.59. The van der Waals surface area contributed by atoms with Crippen molar-refractivity contribution in [2.75, 3.05) is 0 Å². The van der Waals surface area contributed by atoms with Gasteiger partial charge in [0.05, 0.1) is 0 Å². The Morgan fingerprint density at radius 1 is 0.708 bits per heavy atom. The van der Waals surface area contributed by atoms with E-state index in [4.69, 9.17) is 11.6 Å². The highest BCUT2D eigenvalue weighted by atomic mass is 35.5. The summed E-state index contributed by atoms with van der Waals surface area (Å²) in [5.74, 6) is 0.564. The number of hydrogen-bond acceptors (Lipinski definition) is 0. The van der Waals surface area contributed by atoms with Gasteiger partial charge in [0.1, 0.15) is 0 Å². The molecule has 0 N–H and O–H groups in total. The smallest absolute Gasteiger partial charge is 0.0409 e. The quantitative estimate of drug-likeness (QED) is 0.485. The first-order valence-electron chi connectivity index (χ1n) is 9.11. The van der Waals surface area contributed by atoms with Crippen molar-refractivity contribution in [2.45, 2.75) is 75.2 Å². The topological polar surface area (TPSA) is 0 Å². The molecule has 0 amide bonds. The summed E-state index contributed by atoms with van der Waals surface area (Å²) in [4.78, 5) is 0. The molecule has 2 aromatic rings. The van der Waals surface area contributed by atoms with E-state index < -0.39 is 0 Å². The fourth-order valence-electron chi connectivity index (χ4n) is 2.13. The van der Waals surface area contributed by atoms with Crippen LogP contribution >= 0.6 is 11.6 Å². The fraction of sp³-hybridized carbons (Fsp3) is 0.478. The van der Waals surface area contributed by atoms with Gasteiger partial charge in [-0.3, -0.25) is 0 Å². The van der Waals surface area contributed by atoms with E-state index in [0.717, 1.165) is 5.02 Å². The van der Waals surface area contributed by atoms with Gasteiger partial charge in [-0.1, -0.05) is 77.4 Å². The highest BCUT2D eigenvalue weighted by Crippen LogP contribution is 2.22. The Morgan fingerprint density at radius 3 is 1.50 bits per heavy atom. The summed E-state index contributed by atoms with van der Waals surface area (Å²) in [6, 6.07) is 12.4. The molecule has 0 aliphatic heterocycles. The zero-order valence-electron chi connectivity index (χ0n) is 17.4.